The smallest absolute Gasteiger partial charge is 0.165 e. The SMILES string of the molecule is C/C(O)=C/C(=O)C12CC3CC(C1)C(OC1CCCCO1)C(C3)C2. The number of hydrogen-bond donors (Lipinski definition) is 1. The molecule has 128 valence electrons. The van der Waals surface area contributed by atoms with Gasteiger partial charge in [-0.25, -0.2) is 0 Å². The molecule has 0 radical (unpaired) electrons. The van der Waals surface area contributed by atoms with Gasteiger partial charge < -0.3 is 14.6 Å². The average Bonchev–Trinajstić information content (AvgIpc) is 2.50. The van der Waals surface area contributed by atoms with E-state index in [2.05, 4.69) is 0 Å². The molecule has 0 aromatic rings. The number of carbonyl (C=O) groups excluding carboxylic acids is 1. The summed E-state index contributed by atoms with van der Waals surface area (Å²) in [6.45, 7) is 2.41. The number of ketones is 1. The van der Waals surface area contributed by atoms with Gasteiger partial charge in [-0.15, -0.1) is 0 Å². The normalized spacial score (nSPS) is 46.1. The van der Waals surface area contributed by atoms with Crippen LogP contribution in [0.2, 0.25) is 0 Å². The molecular formula is C19H28O4. The number of hydrogen-bond acceptors (Lipinski definition) is 4. The Morgan fingerprint density at radius 1 is 1.22 bits per heavy atom. The molecule has 4 bridgehead atoms. The van der Waals surface area contributed by atoms with Crippen LogP contribution >= 0.6 is 0 Å². The van der Waals surface area contributed by atoms with Gasteiger partial charge in [0.1, 0.15) is 0 Å². The van der Waals surface area contributed by atoms with Gasteiger partial charge in [0.15, 0.2) is 12.1 Å². The van der Waals surface area contributed by atoms with E-state index < -0.39 is 0 Å². The summed E-state index contributed by atoms with van der Waals surface area (Å²) >= 11 is 0. The average molecular weight is 320 g/mol. The van der Waals surface area contributed by atoms with E-state index in [1.165, 1.54) is 25.3 Å². The molecule has 1 aliphatic heterocycles. The molecule has 4 heteroatoms. The van der Waals surface area contributed by atoms with Gasteiger partial charge in [0.25, 0.3) is 0 Å². The van der Waals surface area contributed by atoms with Crippen molar-refractivity contribution in [1.82, 2.24) is 0 Å². The van der Waals surface area contributed by atoms with E-state index in [4.69, 9.17) is 9.47 Å². The summed E-state index contributed by atoms with van der Waals surface area (Å²) in [4.78, 5) is 12.7. The Hall–Kier alpha value is -0.870. The first-order valence-corrected chi connectivity index (χ1v) is 9.24. The second-order valence-electron chi connectivity index (χ2n) is 8.30. The maximum atomic E-state index is 12.7. The van der Waals surface area contributed by atoms with Crippen molar-refractivity contribution in [2.24, 2.45) is 23.2 Å². The summed E-state index contributed by atoms with van der Waals surface area (Å²) in [6, 6.07) is 0. The number of aliphatic hydroxyl groups excluding tert-OH is 1. The molecule has 4 saturated carbocycles. The minimum Gasteiger partial charge on any atom is -0.512 e. The second-order valence-corrected chi connectivity index (χ2v) is 8.30. The van der Waals surface area contributed by atoms with Crippen molar-refractivity contribution < 1.29 is 19.4 Å². The van der Waals surface area contributed by atoms with Crippen molar-refractivity contribution in [2.45, 2.75) is 70.7 Å². The van der Waals surface area contributed by atoms with Crippen LogP contribution in [0.5, 0.6) is 0 Å². The lowest BCUT2D eigenvalue weighted by Gasteiger charge is -2.59. The number of rotatable bonds is 4. The highest BCUT2D eigenvalue weighted by molar-refractivity contribution is 5.95. The van der Waals surface area contributed by atoms with E-state index in [0.29, 0.717) is 17.8 Å². The molecule has 0 aromatic carbocycles. The first-order chi connectivity index (χ1) is 11.1. The standard InChI is InChI=1S/C19H28O4/c1-12(20)6-16(21)19-9-13-7-14(10-19)18(15(8-13)11-19)23-17-4-2-3-5-22-17/h6,13-15,17-18,20H,2-5,7-11H2,1H3/b12-6-. The largest absolute Gasteiger partial charge is 0.512 e. The zero-order valence-electron chi connectivity index (χ0n) is 14.0. The van der Waals surface area contributed by atoms with Gasteiger partial charge in [0.05, 0.1) is 11.9 Å². The molecule has 3 atom stereocenters. The molecule has 1 heterocycles. The van der Waals surface area contributed by atoms with Crippen LogP contribution in [0.4, 0.5) is 0 Å². The molecule has 0 aromatic heterocycles. The minimum absolute atomic E-state index is 0.0301. The molecular weight excluding hydrogens is 292 g/mol. The van der Waals surface area contributed by atoms with Crippen LogP contribution in [0.25, 0.3) is 0 Å². The predicted molar refractivity (Wildman–Crippen MR) is 85.8 cm³/mol. The third-order valence-corrected chi connectivity index (χ3v) is 6.50. The predicted octanol–water partition coefficient (Wildman–Crippen LogP) is 3.76. The van der Waals surface area contributed by atoms with Crippen LogP contribution < -0.4 is 0 Å². The quantitative estimate of drug-likeness (QED) is 0.633. The van der Waals surface area contributed by atoms with E-state index in [1.807, 2.05) is 0 Å². The Labute approximate surface area is 138 Å². The summed E-state index contributed by atoms with van der Waals surface area (Å²) in [5, 5.41) is 9.49. The second kappa shape index (κ2) is 5.89. The van der Waals surface area contributed by atoms with Crippen LogP contribution in [0.1, 0.15) is 58.3 Å². The number of allylic oxidation sites excluding steroid dienone is 2. The highest BCUT2D eigenvalue weighted by atomic mass is 16.7. The summed E-state index contributed by atoms with van der Waals surface area (Å²) in [5.41, 5.74) is -0.228. The molecule has 0 amide bonds. The molecule has 23 heavy (non-hydrogen) atoms. The van der Waals surface area contributed by atoms with Gasteiger partial charge in [-0.3, -0.25) is 4.79 Å². The van der Waals surface area contributed by atoms with Gasteiger partial charge in [0.2, 0.25) is 0 Å². The van der Waals surface area contributed by atoms with Crippen LogP contribution in [-0.4, -0.2) is 29.9 Å². The highest BCUT2D eigenvalue weighted by Crippen LogP contribution is 2.61. The van der Waals surface area contributed by atoms with Gasteiger partial charge in [0, 0.05) is 18.1 Å². The van der Waals surface area contributed by atoms with Gasteiger partial charge in [-0.1, -0.05) is 0 Å². The zero-order valence-corrected chi connectivity index (χ0v) is 14.0. The Balaban J connectivity index is 1.49. The fraction of sp³-hybridized carbons (Fsp3) is 0.842. The maximum absolute atomic E-state index is 12.7. The Morgan fingerprint density at radius 2 is 1.96 bits per heavy atom. The van der Waals surface area contributed by atoms with Gasteiger partial charge in [-0.05, 0) is 76.0 Å². The lowest BCUT2D eigenvalue weighted by Crippen LogP contribution is -2.57. The zero-order chi connectivity index (χ0) is 16.0. The molecule has 1 N–H and O–H groups in total. The molecule has 4 nitrogen and oxygen atoms in total. The van der Waals surface area contributed by atoms with Gasteiger partial charge >= 0.3 is 0 Å². The molecule has 5 aliphatic rings. The third-order valence-electron chi connectivity index (χ3n) is 6.50. The highest BCUT2D eigenvalue weighted by Gasteiger charge is 2.58. The maximum Gasteiger partial charge on any atom is 0.165 e. The van der Waals surface area contributed by atoms with E-state index in [-0.39, 0.29) is 29.4 Å². The number of aliphatic hydroxyl groups is 1. The fourth-order valence-corrected chi connectivity index (χ4v) is 5.84. The van der Waals surface area contributed by atoms with Crippen molar-refractivity contribution in [3.63, 3.8) is 0 Å². The monoisotopic (exact) mass is 320 g/mol. The van der Waals surface area contributed by atoms with Crippen LogP contribution in [0.15, 0.2) is 11.8 Å². The van der Waals surface area contributed by atoms with E-state index in [0.717, 1.165) is 38.7 Å². The topological polar surface area (TPSA) is 55.8 Å². The Bertz CT molecular complexity index is 485. The lowest BCUT2D eigenvalue weighted by atomic mass is 9.47. The molecule has 4 aliphatic carbocycles. The van der Waals surface area contributed by atoms with Gasteiger partial charge in [-0.2, -0.15) is 0 Å². The Kier molecular flexibility index (Phi) is 4.01. The lowest BCUT2D eigenvalue weighted by molar-refractivity contribution is -0.244. The molecule has 0 spiro atoms. The number of ether oxygens (including phenoxy) is 2. The summed E-state index contributed by atoms with van der Waals surface area (Å²) in [5.74, 6) is 1.92. The van der Waals surface area contributed by atoms with Crippen molar-refractivity contribution in [3.8, 4) is 0 Å². The van der Waals surface area contributed by atoms with E-state index in [9.17, 15) is 9.90 Å². The van der Waals surface area contributed by atoms with Crippen molar-refractivity contribution >= 4 is 5.78 Å². The number of carbonyl (C=O) groups is 1. The Morgan fingerprint density at radius 3 is 2.57 bits per heavy atom. The third kappa shape index (κ3) is 2.85. The van der Waals surface area contributed by atoms with Crippen LogP contribution in [0.3, 0.4) is 0 Å². The fourth-order valence-electron chi connectivity index (χ4n) is 5.84. The van der Waals surface area contributed by atoms with Crippen LogP contribution in [-0.2, 0) is 14.3 Å². The van der Waals surface area contributed by atoms with E-state index >= 15 is 0 Å². The molecule has 1 saturated heterocycles. The molecule has 3 unspecified atom stereocenters. The summed E-state index contributed by atoms with van der Waals surface area (Å²) < 4.78 is 12.2. The summed E-state index contributed by atoms with van der Waals surface area (Å²) in [6.07, 6.45) is 10.3. The van der Waals surface area contributed by atoms with Crippen molar-refractivity contribution in [3.05, 3.63) is 11.8 Å². The van der Waals surface area contributed by atoms with Crippen molar-refractivity contribution in [2.75, 3.05) is 6.61 Å². The van der Waals surface area contributed by atoms with E-state index in [1.54, 1.807) is 6.92 Å². The first kappa shape index (κ1) is 15.6. The van der Waals surface area contributed by atoms with Crippen molar-refractivity contribution in [1.29, 1.82) is 0 Å². The first-order valence-electron chi connectivity index (χ1n) is 9.24. The summed E-state index contributed by atoms with van der Waals surface area (Å²) in [7, 11) is 0. The molecule has 5 rings (SSSR count). The minimum atomic E-state index is -0.228. The van der Waals surface area contributed by atoms with Crippen LogP contribution in [0, 0.1) is 23.2 Å². The molecule has 5 fully saturated rings.